The van der Waals surface area contributed by atoms with Crippen molar-refractivity contribution in [3.8, 4) is 11.4 Å². The maximum atomic E-state index is 12.4. The molecule has 0 saturated carbocycles. The lowest BCUT2D eigenvalue weighted by atomic mass is 10.2. The van der Waals surface area contributed by atoms with E-state index < -0.39 is 9.84 Å². The summed E-state index contributed by atoms with van der Waals surface area (Å²) >= 11 is 0. The number of aromatic nitrogens is 2. The van der Waals surface area contributed by atoms with E-state index in [1.54, 1.807) is 13.2 Å². The zero-order chi connectivity index (χ0) is 19.3. The minimum atomic E-state index is -3.02. The lowest BCUT2D eigenvalue weighted by molar-refractivity contribution is 0.0932. The van der Waals surface area contributed by atoms with Crippen LogP contribution in [0.5, 0.6) is 0 Å². The van der Waals surface area contributed by atoms with Crippen LogP contribution >= 0.6 is 0 Å². The van der Waals surface area contributed by atoms with Gasteiger partial charge in [0.25, 0.3) is 5.91 Å². The van der Waals surface area contributed by atoms with Gasteiger partial charge in [0.1, 0.15) is 11.5 Å². The predicted molar refractivity (Wildman–Crippen MR) is 102 cm³/mol. The Morgan fingerprint density at radius 3 is 2.70 bits per heavy atom. The van der Waals surface area contributed by atoms with Crippen LogP contribution in [0.15, 0.2) is 36.4 Å². The first-order chi connectivity index (χ1) is 13.0. The zero-order valence-electron chi connectivity index (χ0n) is 15.0. The molecule has 0 aliphatic carbocycles. The van der Waals surface area contributed by atoms with E-state index in [4.69, 9.17) is 4.74 Å². The number of rotatable bonds is 7. The van der Waals surface area contributed by atoms with Crippen molar-refractivity contribution in [2.24, 2.45) is 0 Å². The molecular weight excluding hydrogens is 368 g/mol. The summed E-state index contributed by atoms with van der Waals surface area (Å²) in [6.07, 6.45) is 0.516. The van der Waals surface area contributed by atoms with Crippen LogP contribution in [-0.4, -0.2) is 62.1 Å². The third-order valence-corrected chi connectivity index (χ3v) is 5.93. The van der Waals surface area contributed by atoms with E-state index in [-0.39, 0.29) is 29.1 Å². The van der Waals surface area contributed by atoms with Crippen LogP contribution in [0.3, 0.4) is 0 Å². The maximum absolute atomic E-state index is 12.4. The molecule has 1 unspecified atom stereocenters. The molecule has 2 heterocycles. The van der Waals surface area contributed by atoms with Gasteiger partial charge in [0.05, 0.1) is 18.1 Å². The molecule has 1 fully saturated rings. The first kappa shape index (κ1) is 19.2. The molecule has 144 valence electrons. The highest BCUT2D eigenvalue weighted by Gasteiger charge is 2.28. The zero-order valence-corrected chi connectivity index (χ0v) is 15.8. The number of ether oxygens (including phenoxy) is 1. The van der Waals surface area contributed by atoms with Crippen LogP contribution < -0.4 is 10.6 Å². The van der Waals surface area contributed by atoms with E-state index in [0.717, 1.165) is 5.56 Å². The fourth-order valence-electron chi connectivity index (χ4n) is 2.83. The number of amides is 1. The van der Waals surface area contributed by atoms with E-state index in [2.05, 4.69) is 20.6 Å². The predicted octanol–water partition coefficient (Wildman–Crippen LogP) is 1.12. The van der Waals surface area contributed by atoms with Gasteiger partial charge in [0, 0.05) is 31.3 Å². The highest BCUT2D eigenvalue weighted by atomic mass is 32.2. The third kappa shape index (κ3) is 5.24. The Labute approximate surface area is 158 Å². The normalized spacial score (nSPS) is 18.2. The van der Waals surface area contributed by atoms with Gasteiger partial charge in [-0.3, -0.25) is 4.79 Å². The van der Waals surface area contributed by atoms with E-state index in [0.29, 0.717) is 31.2 Å². The van der Waals surface area contributed by atoms with Gasteiger partial charge in [0.2, 0.25) is 0 Å². The van der Waals surface area contributed by atoms with Crippen molar-refractivity contribution in [3.05, 3.63) is 42.1 Å². The average Bonchev–Trinajstić information content (AvgIpc) is 3.00. The molecule has 1 aromatic carbocycles. The molecule has 2 N–H and O–H groups in total. The highest BCUT2D eigenvalue weighted by molar-refractivity contribution is 7.91. The maximum Gasteiger partial charge on any atom is 0.270 e. The molecule has 0 radical (unpaired) electrons. The Morgan fingerprint density at radius 1 is 1.26 bits per heavy atom. The van der Waals surface area contributed by atoms with Gasteiger partial charge < -0.3 is 15.4 Å². The smallest absolute Gasteiger partial charge is 0.270 e. The molecule has 1 aromatic heterocycles. The molecule has 0 spiro atoms. The summed E-state index contributed by atoms with van der Waals surface area (Å²) in [6, 6.07) is 10.6. The van der Waals surface area contributed by atoms with Gasteiger partial charge in [0.15, 0.2) is 15.7 Å². The molecule has 1 aliphatic rings. The van der Waals surface area contributed by atoms with Gasteiger partial charge in [-0.05, 0) is 6.42 Å². The Balaban J connectivity index is 1.87. The van der Waals surface area contributed by atoms with Crippen molar-refractivity contribution in [3.63, 3.8) is 0 Å². The van der Waals surface area contributed by atoms with Crippen LogP contribution in [0.1, 0.15) is 16.9 Å². The van der Waals surface area contributed by atoms with E-state index >= 15 is 0 Å². The number of methoxy groups -OCH3 is 1. The highest BCUT2D eigenvalue weighted by Crippen LogP contribution is 2.21. The van der Waals surface area contributed by atoms with Crippen LogP contribution in [0.2, 0.25) is 0 Å². The quantitative estimate of drug-likeness (QED) is 0.682. The summed E-state index contributed by atoms with van der Waals surface area (Å²) in [5.41, 5.74) is 0.981. The van der Waals surface area contributed by atoms with Gasteiger partial charge in [-0.25, -0.2) is 18.4 Å². The van der Waals surface area contributed by atoms with Crippen molar-refractivity contribution in [2.75, 3.05) is 37.1 Å². The number of nitrogens with one attached hydrogen (secondary N) is 2. The monoisotopic (exact) mass is 390 g/mol. The standard InChI is InChI=1S/C18H22N4O4S/c1-26-9-8-19-18(23)15-11-16(20-14-7-10-27(24,25)12-14)22-17(21-15)13-5-3-2-4-6-13/h2-6,11,14H,7-10,12H2,1H3,(H,19,23)(H,20,21,22). The average molecular weight is 390 g/mol. The molecule has 1 amide bonds. The topological polar surface area (TPSA) is 110 Å². The van der Waals surface area contributed by atoms with E-state index in [1.165, 1.54) is 0 Å². The second-order valence-electron chi connectivity index (χ2n) is 6.32. The Hall–Kier alpha value is -2.52. The Bertz CT molecular complexity index is 903. The number of hydrogen-bond acceptors (Lipinski definition) is 7. The molecule has 8 nitrogen and oxygen atoms in total. The lowest BCUT2D eigenvalue weighted by Gasteiger charge is -2.14. The van der Waals surface area contributed by atoms with Crippen molar-refractivity contribution >= 4 is 21.6 Å². The largest absolute Gasteiger partial charge is 0.383 e. The van der Waals surface area contributed by atoms with Gasteiger partial charge >= 0.3 is 0 Å². The number of benzene rings is 1. The number of carbonyl (C=O) groups is 1. The van der Waals surface area contributed by atoms with Gasteiger partial charge in [-0.1, -0.05) is 30.3 Å². The van der Waals surface area contributed by atoms with Crippen LogP contribution in [0.4, 0.5) is 5.82 Å². The molecule has 1 aliphatic heterocycles. The summed E-state index contributed by atoms with van der Waals surface area (Å²) < 4.78 is 28.3. The number of carbonyl (C=O) groups excluding carboxylic acids is 1. The van der Waals surface area contributed by atoms with E-state index in [9.17, 15) is 13.2 Å². The Kier molecular flexibility index (Phi) is 6.02. The number of anilines is 1. The first-order valence-corrected chi connectivity index (χ1v) is 10.5. The Morgan fingerprint density at radius 2 is 2.04 bits per heavy atom. The number of sulfone groups is 1. The number of nitrogens with zero attached hydrogens (tertiary/aromatic N) is 2. The van der Waals surface area contributed by atoms with Crippen molar-refractivity contribution < 1.29 is 17.9 Å². The first-order valence-electron chi connectivity index (χ1n) is 8.65. The van der Waals surface area contributed by atoms with Crippen molar-refractivity contribution in [1.29, 1.82) is 0 Å². The molecule has 1 atom stereocenters. The number of hydrogen-bond donors (Lipinski definition) is 2. The summed E-state index contributed by atoms with van der Waals surface area (Å²) in [6.45, 7) is 0.761. The fourth-order valence-corrected chi connectivity index (χ4v) is 4.50. The van der Waals surface area contributed by atoms with Crippen molar-refractivity contribution in [2.45, 2.75) is 12.5 Å². The second-order valence-corrected chi connectivity index (χ2v) is 8.55. The molecule has 0 bridgehead atoms. The summed E-state index contributed by atoms with van der Waals surface area (Å²) in [5.74, 6) is 0.716. The lowest BCUT2D eigenvalue weighted by Crippen LogP contribution is -2.28. The van der Waals surface area contributed by atoms with E-state index in [1.807, 2.05) is 30.3 Å². The molecule has 1 saturated heterocycles. The van der Waals surface area contributed by atoms with Gasteiger partial charge in [-0.2, -0.15) is 0 Å². The minimum Gasteiger partial charge on any atom is -0.383 e. The molecule has 2 aromatic rings. The summed E-state index contributed by atoms with van der Waals surface area (Å²) in [4.78, 5) is 21.3. The van der Waals surface area contributed by atoms with Crippen LogP contribution in [0.25, 0.3) is 11.4 Å². The molecular formula is C18H22N4O4S. The SMILES string of the molecule is COCCNC(=O)c1cc(NC2CCS(=O)(=O)C2)nc(-c2ccccc2)n1. The summed E-state index contributed by atoms with van der Waals surface area (Å²) in [5, 5.41) is 5.87. The molecule has 27 heavy (non-hydrogen) atoms. The molecule has 9 heteroatoms. The van der Waals surface area contributed by atoms with Crippen LogP contribution in [0, 0.1) is 0 Å². The van der Waals surface area contributed by atoms with Gasteiger partial charge in [-0.15, -0.1) is 0 Å². The third-order valence-electron chi connectivity index (χ3n) is 4.17. The second kappa shape index (κ2) is 8.45. The fraction of sp³-hybridized carbons (Fsp3) is 0.389. The summed E-state index contributed by atoms with van der Waals surface area (Å²) in [7, 11) is -1.46. The minimum absolute atomic E-state index is 0.0625. The van der Waals surface area contributed by atoms with Crippen molar-refractivity contribution in [1.82, 2.24) is 15.3 Å². The molecule has 3 rings (SSSR count). The van der Waals surface area contributed by atoms with Crippen LogP contribution in [-0.2, 0) is 14.6 Å².